The fourth-order valence-corrected chi connectivity index (χ4v) is 3.52. The third kappa shape index (κ3) is 2.65. The lowest BCUT2D eigenvalue weighted by molar-refractivity contribution is 0.0729. The number of carbonyl (C=O) groups is 1. The fourth-order valence-electron chi connectivity index (χ4n) is 2.82. The molecule has 0 unspecified atom stereocenters. The maximum atomic E-state index is 13.1. The molecule has 6 heteroatoms. The lowest BCUT2D eigenvalue weighted by atomic mass is 10.2. The Morgan fingerprint density at radius 2 is 2.00 bits per heavy atom. The number of hydrogen-bond donors (Lipinski definition) is 1. The molecule has 1 amide bonds. The predicted octanol–water partition coefficient (Wildman–Crippen LogP) is 4.05. The van der Waals surface area contributed by atoms with Crippen LogP contribution >= 0.6 is 11.3 Å². The van der Waals surface area contributed by atoms with E-state index in [1.165, 1.54) is 12.1 Å². The Balaban J connectivity index is 1.68. The second-order valence-corrected chi connectivity index (χ2v) is 6.53. The number of nitrogens with zero attached hydrogens (tertiary/aromatic N) is 2. The number of fused-ring (bicyclic) bond motifs is 1. The summed E-state index contributed by atoms with van der Waals surface area (Å²) in [6, 6.07) is 13.6. The molecule has 1 atom stereocenters. The van der Waals surface area contributed by atoms with Crippen LogP contribution < -0.4 is 5.32 Å². The van der Waals surface area contributed by atoms with Gasteiger partial charge >= 0.3 is 0 Å². The van der Waals surface area contributed by atoms with Crippen LogP contribution in [-0.4, -0.2) is 15.8 Å². The lowest BCUT2D eigenvalue weighted by Crippen LogP contribution is -2.31. The minimum absolute atomic E-state index is 0.0499. The number of carbonyl (C=O) groups excluding carboxylic acids is 1. The highest BCUT2D eigenvalue weighted by atomic mass is 32.1. The number of halogens is 1. The summed E-state index contributed by atoms with van der Waals surface area (Å²) < 4.78 is 13.1. The highest BCUT2D eigenvalue weighted by molar-refractivity contribution is 7.09. The van der Waals surface area contributed by atoms with Crippen LogP contribution in [0.1, 0.15) is 27.1 Å². The Morgan fingerprint density at radius 3 is 2.75 bits per heavy atom. The van der Waals surface area contributed by atoms with E-state index in [4.69, 9.17) is 0 Å². The average molecular weight is 339 g/mol. The number of rotatable bonds is 4. The zero-order chi connectivity index (χ0) is 16.5. The molecule has 0 saturated carbocycles. The molecule has 3 aromatic rings. The summed E-state index contributed by atoms with van der Waals surface area (Å²) in [5.74, 6) is -0.344. The van der Waals surface area contributed by atoms with Crippen molar-refractivity contribution in [3.05, 3.63) is 82.1 Å². The Bertz CT molecular complexity index is 864. The number of nitrogens with one attached hydrogen (secondary N) is 1. The topological polar surface area (TPSA) is 45.2 Å². The molecular weight excluding hydrogens is 325 g/mol. The predicted molar refractivity (Wildman–Crippen MR) is 91.2 cm³/mol. The van der Waals surface area contributed by atoms with Crippen molar-refractivity contribution in [1.82, 2.24) is 9.88 Å². The Kier molecular flexibility index (Phi) is 3.74. The van der Waals surface area contributed by atoms with Crippen molar-refractivity contribution in [1.29, 1.82) is 0 Å². The fraction of sp³-hybridized carbons (Fsp3) is 0.111. The molecule has 0 bridgehead atoms. The highest BCUT2D eigenvalue weighted by Gasteiger charge is 2.37. The highest BCUT2D eigenvalue weighted by Crippen LogP contribution is 2.34. The van der Waals surface area contributed by atoms with Gasteiger partial charge in [-0.1, -0.05) is 6.07 Å². The molecule has 1 aliphatic rings. The molecule has 1 aliphatic heterocycles. The van der Waals surface area contributed by atoms with Crippen molar-refractivity contribution < 1.29 is 9.18 Å². The lowest BCUT2D eigenvalue weighted by Gasteiger charge is -2.26. The van der Waals surface area contributed by atoms with E-state index in [0.29, 0.717) is 17.8 Å². The molecule has 0 spiro atoms. The van der Waals surface area contributed by atoms with Crippen LogP contribution in [0.2, 0.25) is 0 Å². The molecule has 3 heterocycles. The molecule has 24 heavy (non-hydrogen) atoms. The van der Waals surface area contributed by atoms with Gasteiger partial charge in [-0.15, -0.1) is 11.3 Å². The smallest absolute Gasteiger partial charge is 0.258 e. The number of thiophene rings is 1. The SMILES string of the molecule is O=C1c2cccnc2[C@H](Nc2ccc(F)cc2)N1Cc1cccs1. The van der Waals surface area contributed by atoms with Crippen LogP contribution in [-0.2, 0) is 6.54 Å². The molecule has 1 aromatic carbocycles. The number of anilines is 1. The first kappa shape index (κ1) is 14.8. The number of hydrogen-bond acceptors (Lipinski definition) is 4. The average Bonchev–Trinajstić information content (AvgIpc) is 3.20. The number of amides is 1. The van der Waals surface area contributed by atoms with Crippen LogP contribution in [0, 0.1) is 5.82 Å². The largest absolute Gasteiger partial charge is 0.360 e. The molecule has 4 nitrogen and oxygen atoms in total. The van der Waals surface area contributed by atoms with Gasteiger partial charge in [0.1, 0.15) is 12.0 Å². The number of benzene rings is 1. The van der Waals surface area contributed by atoms with Crippen molar-refractivity contribution in [3.8, 4) is 0 Å². The summed E-state index contributed by atoms with van der Waals surface area (Å²) in [4.78, 5) is 20.0. The molecule has 120 valence electrons. The van der Waals surface area contributed by atoms with Gasteiger partial charge in [0.25, 0.3) is 5.91 Å². The van der Waals surface area contributed by atoms with Crippen LogP contribution in [0.25, 0.3) is 0 Å². The quantitative estimate of drug-likeness (QED) is 0.780. The monoisotopic (exact) mass is 339 g/mol. The van der Waals surface area contributed by atoms with Gasteiger partial charge in [-0.2, -0.15) is 0 Å². The summed E-state index contributed by atoms with van der Waals surface area (Å²) in [6.45, 7) is 0.506. The Morgan fingerprint density at radius 1 is 1.17 bits per heavy atom. The van der Waals surface area contributed by atoms with Gasteiger partial charge in [0.15, 0.2) is 0 Å². The number of aromatic nitrogens is 1. The van der Waals surface area contributed by atoms with E-state index in [1.807, 2.05) is 17.5 Å². The van der Waals surface area contributed by atoms with Gasteiger partial charge in [0.05, 0.1) is 17.8 Å². The zero-order valence-corrected chi connectivity index (χ0v) is 13.5. The molecule has 0 fully saturated rings. The zero-order valence-electron chi connectivity index (χ0n) is 12.6. The van der Waals surface area contributed by atoms with Gasteiger partial charge in [0.2, 0.25) is 0 Å². The second kappa shape index (κ2) is 6.05. The summed E-state index contributed by atoms with van der Waals surface area (Å²) >= 11 is 1.61. The minimum Gasteiger partial charge on any atom is -0.360 e. The van der Waals surface area contributed by atoms with E-state index in [9.17, 15) is 9.18 Å². The first-order valence-corrected chi connectivity index (χ1v) is 8.41. The summed E-state index contributed by atoms with van der Waals surface area (Å²) in [5, 5.41) is 5.29. The van der Waals surface area contributed by atoms with Crippen molar-refractivity contribution in [2.24, 2.45) is 0 Å². The standard InChI is InChI=1S/C18H14FN3OS/c19-12-5-7-13(8-6-12)21-17-16-15(4-1-9-20-16)18(23)22(17)11-14-3-2-10-24-14/h1-10,17,21H,11H2/t17-/m1/s1. The first-order valence-electron chi connectivity index (χ1n) is 7.53. The van der Waals surface area contributed by atoms with E-state index in [2.05, 4.69) is 10.3 Å². The van der Waals surface area contributed by atoms with Crippen molar-refractivity contribution in [2.75, 3.05) is 5.32 Å². The maximum absolute atomic E-state index is 13.1. The van der Waals surface area contributed by atoms with E-state index in [0.717, 1.165) is 10.6 Å². The van der Waals surface area contributed by atoms with Crippen LogP contribution in [0.3, 0.4) is 0 Å². The molecule has 1 N–H and O–H groups in total. The molecule has 2 aromatic heterocycles. The van der Waals surface area contributed by atoms with Gasteiger partial charge in [-0.05, 0) is 47.8 Å². The van der Waals surface area contributed by atoms with Gasteiger partial charge < -0.3 is 10.2 Å². The van der Waals surface area contributed by atoms with Gasteiger partial charge in [-0.3, -0.25) is 9.78 Å². The second-order valence-electron chi connectivity index (χ2n) is 5.50. The molecule has 0 saturated heterocycles. The van der Waals surface area contributed by atoms with Crippen molar-refractivity contribution in [2.45, 2.75) is 12.7 Å². The summed E-state index contributed by atoms with van der Waals surface area (Å²) in [7, 11) is 0. The normalized spacial score (nSPS) is 16.3. The van der Waals surface area contributed by atoms with Gasteiger partial charge in [-0.25, -0.2) is 4.39 Å². The minimum atomic E-state index is -0.374. The van der Waals surface area contributed by atoms with Crippen LogP contribution in [0.4, 0.5) is 10.1 Å². The van der Waals surface area contributed by atoms with E-state index in [-0.39, 0.29) is 17.9 Å². The van der Waals surface area contributed by atoms with Crippen LogP contribution in [0.15, 0.2) is 60.1 Å². The molecule has 4 rings (SSSR count). The van der Waals surface area contributed by atoms with E-state index < -0.39 is 0 Å². The number of pyridine rings is 1. The molecule has 0 aliphatic carbocycles. The van der Waals surface area contributed by atoms with Gasteiger partial charge in [0, 0.05) is 16.8 Å². The molecule has 0 radical (unpaired) electrons. The Hall–Kier alpha value is -2.73. The summed E-state index contributed by atoms with van der Waals surface area (Å²) in [5.41, 5.74) is 2.04. The molecular formula is C18H14FN3OS. The van der Waals surface area contributed by atoms with Crippen molar-refractivity contribution >= 4 is 22.9 Å². The van der Waals surface area contributed by atoms with E-state index in [1.54, 1.807) is 46.7 Å². The van der Waals surface area contributed by atoms with Crippen molar-refractivity contribution in [3.63, 3.8) is 0 Å². The first-order chi connectivity index (χ1) is 11.7. The maximum Gasteiger partial charge on any atom is 0.258 e. The third-order valence-electron chi connectivity index (χ3n) is 3.95. The third-order valence-corrected chi connectivity index (χ3v) is 4.82. The Labute approximate surface area is 142 Å². The summed E-state index contributed by atoms with van der Waals surface area (Å²) in [6.07, 6.45) is 1.31. The van der Waals surface area contributed by atoms with Crippen LogP contribution in [0.5, 0.6) is 0 Å². The van der Waals surface area contributed by atoms with E-state index >= 15 is 0 Å².